The van der Waals surface area contributed by atoms with Gasteiger partial charge in [-0.3, -0.25) is 0 Å². The lowest BCUT2D eigenvalue weighted by Crippen LogP contribution is -1.78. The highest BCUT2D eigenvalue weighted by Crippen LogP contribution is 2.19. The molecule has 0 N–H and O–H groups in total. The van der Waals surface area contributed by atoms with Gasteiger partial charge in [0.1, 0.15) is 0 Å². The minimum Gasteiger partial charge on any atom is -0.103 e. The molecule has 0 saturated carbocycles. The van der Waals surface area contributed by atoms with E-state index in [1.807, 2.05) is 6.08 Å². The lowest BCUT2D eigenvalue weighted by molar-refractivity contribution is 0.708. The molecule has 0 fully saturated rings. The van der Waals surface area contributed by atoms with E-state index in [9.17, 15) is 0 Å². The van der Waals surface area contributed by atoms with Gasteiger partial charge in [-0.05, 0) is 32.1 Å². The summed E-state index contributed by atoms with van der Waals surface area (Å²) in [5.74, 6) is 0. The molecule has 0 spiro atoms. The highest BCUT2D eigenvalue weighted by molar-refractivity contribution is 5.07. The first-order valence-electron chi connectivity index (χ1n) is 4.22. The van der Waals surface area contributed by atoms with Gasteiger partial charge in [-0.15, -0.1) is 6.58 Å². The lowest BCUT2D eigenvalue weighted by atomic mass is 10.1. The first kappa shape index (κ1) is 7.59. The molecule has 0 bridgehead atoms. The molecule has 1 rings (SSSR count). The fraction of sp³-hybridized carbons (Fsp3) is 0.600. The topological polar surface area (TPSA) is 0 Å². The van der Waals surface area contributed by atoms with E-state index in [-0.39, 0.29) is 0 Å². The SMILES string of the molecule is C=CCC1=CCCCCC1. The second-order valence-corrected chi connectivity index (χ2v) is 2.95. The molecular weight excluding hydrogens is 120 g/mol. The summed E-state index contributed by atoms with van der Waals surface area (Å²) in [5, 5.41) is 0. The predicted molar refractivity (Wildman–Crippen MR) is 46.0 cm³/mol. The zero-order chi connectivity index (χ0) is 7.23. The number of hydrogen-bond donors (Lipinski definition) is 0. The van der Waals surface area contributed by atoms with Crippen LogP contribution >= 0.6 is 0 Å². The van der Waals surface area contributed by atoms with Crippen LogP contribution < -0.4 is 0 Å². The molecule has 0 aromatic rings. The van der Waals surface area contributed by atoms with Gasteiger partial charge >= 0.3 is 0 Å². The van der Waals surface area contributed by atoms with E-state index in [4.69, 9.17) is 0 Å². The smallest absolute Gasteiger partial charge is 0.0142 e. The van der Waals surface area contributed by atoms with Crippen LogP contribution in [-0.4, -0.2) is 0 Å². The van der Waals surface area contributed by atoms with E-state index in [1.165, 1.54) is 32.1 Å². The van der Waals surface area contributed by atoms with E-state index in [2.05, 4.69) is 12.7 Å². The first-order valence-corrected chi connectivity index (χ1v) is 4.22. The Balaban J connectivity index is 2.38. The van der Waals surface area contributed by atoms with Crippen molar-refractivity contribution >= 4 is 0 Å². The van der Waals surface area contributed by atoms with Gasteiger partial charge in [0.2, 0.25) is 0 Å². The third kappa shape index (κ3) is 2.38. The average Bonchev–Trinajstić information content (AvgIpc) is 2.17. The number of rotatable bonds is 2. The molecule has 0 unspecified atom stereocenters. The van der Waals surface area contributed by atoms with Crippen LogP contribution in [0.3, 0.4) is 0 Å². The standard InChI is InChI=1S/C10H16/c1-2-7-10-8-5-3-4-6-9-10/h2,8H,1,3-7,9H2. The second-order valence-electron chi connectivity index (χ2n) is 2.95. The van der Waals surface area contributed by atoms with Crippen LogP contribution in [0.5, 0.6) is 0 Å². The molecule has 0 heterocycles. The van der Waals surface area contributed by atoms with Crippen LogP contribution in [0.25, 0.3) is 0 Å². The Labute approximate surface area is 63.6 Å². The highest BCUT2D eigenvalue weighted by Gasteiger charge is 1.99. The van der Waals surface area contributed by atoms with Gasteiger partial charge in [-0.25, -0.2) is 0 Å². The Hall–Kier alpha value is -0.520. The second kappa shape index (κ2) is 4.32. The van der Waals surface area contributed by atoms with Crippen molar-refractivity contribution in [3.05, 3.63) is 24.3 Å². The zero-order valence-electron chi connectivity index (χ0n) is 6.60. The van der Waals surface area contributed by atoms with Crippen molar-refractivity contribution in [2.45, 2.75) is 38.5 Å². The van der Waals surface area contributed by atoms with Crippen LogP contribution in [0, 0.1) is 0 Å². The Morgan fingerprint density at radius 3 is 3.10 bits per heavy atom. The minimum atomic E-state index is 1.11. The average molecular weight is 136 g/mol. The van der Waals surface area contributed by atoms with Crippen LogP contribution in [0.4, 0.5) is 0 Å². The summed E-state index contributed by atoms with van der Waals surface area (Å²) in [7, 11) is 0. The van der Waals surface area contributed by atoms with E-state index in [0.29, 0.717) is 0 Å². The van der Waals surface area contributed by atoms with E-state index in [0.717, 1.165) is 6.42 Å². The van der Waals surface area contributed by atoms with Crippen molar-refractivity contribution in [1.82, 2.24) is 0 Å². The van der Waals surface area contributed by atoms with Crippen LogP contribution in [-0.2, 0) is 0 Å². The van der Waals surface area contributed by atoms with Gasteiger partial charge in [0.05, 0.1) is 0 Å². The quantitative estimate of drug-likeness (QED) is 0.510. The largest absolute Gasteiger partial charge is 0.103 e. The maximum absolute atomic E-state index is 3.74. The fourth-order valence-corrected chi connectivity index (χ4v) is 1.45. The molecule has 0 amide bonds. The van der Waals surface area contributed by atoms with Crippen molar-refractivity contribution in [2.75, 3.05) is 0 Å². The molecule has 0 saturated heterocycles. The van der Waals surface area contributed by atoms with E-state index < -0.39 is 0 Å². The number of hydrogen-bond acceptors (Lipinski definition) is 0. The summed E-state index contributed by atoms with van der Waals surface area (Å²) in [6, 6.07) is 0. The van der Waals surface area contributed by atoms with Crippen molar-refractivity contribution in [3.8, 4) is 0 Å². The van der Waals surface area contributed by atoms with E-state index >= 15 is 0 Å². The van der Waals surface area contributed by atoms with Crippen molar-refractivity contribution in [2.24, 2.45) is 0 Å². The van der Waals surface area contributed by atoms with Crippen LogP contribution in [0.2, 0.25) is 0 Å². The molecule has 0 nitrogen and oxygen atoms in total. The highest BCUT2D eigenvalue weighted by atomic mass is 14.1. The summed E-state index contributed by atoms with van der Waals surface area (Å²) in [6.45, 7) is 3.74. The third-order valence-electron chi connectivity index (χ3n) is 2.04. The fourth-order valence-electron chi connectivity index (χ4n) is 1.45. The summed E-state index contributed by atoms with van der Waals surface area (Å²) >= 11 is 0. The Kier molecular flexibility index (Phi) is 3.28. The van der Waals surface area contributed by atoms with Gasteiger partial charge in [-0.1, -0.05) is 24.1 Å². The molecule has 1 aliphatic rings. The third-order valence-corrected chi connectivity index (χ3v) is 2.04. The molecule has 0 atom stereocenters. The van der Waals surface area contributed by atoms with Gasteiger partial charge in [0.15, 0.2) is 0 Å². The zero-order valence-corrected chi connectivity index (χ0v) is 6.60. The van der Waals surface area contributed by atoms with Gasteiger partial charge in [-0.2, -0.15) is 0 Å². The summed E-state index contributed by atoms with van der Waals surface area (Å²) < 4.78 is 0. The molecule has 0 aliphatic heterocycles. The van der Waals surface area contributed by atoms with Crippen molar-refractivity contribution < 1.29 is 0 Å². The normalized spacial score (nSPS) is 19.4. The predicted octanol–water partition coefficient (Wildman–Crippen LogP) is 3.45. The molecule has 0 radical (unpaired) electrons. The van der Waals surface area contributed by atoms with Crippen molar-refractivity contribution in [1.29, 1.82) is 0 Å². The Morgan fingerprint density at radius 1 is 1.40 bits per heavy atom. The van der Waals surface area contributed by atoms with Crippen molar-refractivity contribution in [3.63, 3.8) is 0 Å². The Morgan fingerprint density at radius 2 is 2.30 bits per heavy atom. The molecule has 1 aliphatic carbocycles. The molecule has 0 aromatic carbocycles. The monoisotopic (exact) mass is 136 g/mol. The van der Waals surface area contributed by atoms with Gasteiger partial charge in [0, 0.05) is 0 Å². The lowest BCUT2D eigenvalue weighted by Gasteiger charge is -1.98. The Bertz CT molecular complexity index is 131. The van der Waals surface area contributed by atoms with Crippen LogP contribution in [0.1, 0.15) is 38.5 Å². The molecule has 0 heteroatoms. The number of allylic oxidation sites excluding steroid dienone is 3. The first-order chi connectivity index (χ1) is 4.93. The summed E-state index contributed by atoms with van der Waals surface area (Å²) in [5.41, 5.74) is 1.60. The summed E-state index contributed by atoms with van der Waals surface area (Å²) in [4.78, 5) is 0. The molecular formula is C10H16. The van der Waals surface area contributed by atoms with Gasteiger partial charge in [0.25, 0.3) is 0 Å². The minimum absolute atomic E-state index is 1.11. The summed E-state index contributed by atoms with van der Waals surface area (Å²) in [6.07, 6.45) is 12.3. The van der Waals surface area contributed by atoms with Gasteiger partial charge < -0.3 is 0 Å². The maximum Gasteiger partial charge on any atom is -0.0142 e. The molecule has 10 heavy (non-hydrogen) atoms. The molecule has 56 valence electrons. The maximum atomic E-state index is 3.74. The van der Waals surface area contributed by atoms with Crippen LogP contribution in [0.15, 0.2) is 24.3 Å². The molecule has 0 aromatic heterocycles. The van der Waals surface area contributed by atoms with E-state index in [1.54, 1.807) is 5.57 Å².